The lowest BCUT2D eigenvalue weighted by molar-refractivity contribution is -0.171. The van der Waals surface area contributed by atoms with Crippen molar-refractivity contribution in [2.45, 2.75) is 118 Å². The Bertz CT molecular complexity index is 1770. The molecule has 0 radical (unpaired) electrons. The summed E-state index contributed by atoms with van der Waals surface area (Å²) in [5.41, 5.74) is 0.670. The number of fused-ring (bicyclic) bond motifs is 1. The predicted molar refractivity (Wildman–Crippen MR) is 197 cm³/mol. The van der Waals surface area contributed by atoms with Crippen LogP contribution in [0.25, 0.3) is 0 Å². The average Bonchev–Trinajstić information content (AvgIpc) is 3.21. The number of Topliss-reactive ketones (excluding diaryl/α,β-unsaturated/α-hetero) is 2. The van der Waals surface area contributed by atoms with E-state index in [1.807, 2.05) is 53.7 Å². The third-order valence-corrected chi connectivity index (χ3v) is 10.9. The molecule has 276 valence electrons. The first-order valence-corrected chi connectivity index (χ1v) is 18.3. The number of allylic oxidation sites excluding steroid dienone is 7. The Morgan fingerprint density at radius 2 is 1.67 bits per heavy atom. The van der Waals surface area contributed by atoms with E-state index in [1.165, 1.54) is 5.57 Å². The van der Waals surface area contributed by atoms with E-state index in [0.717, 1.165) is 24.0 Å². The largest absolute Gasteiger partial charge is 0.507 e. The lowest BCUT2D eigenvalue weighted by atomic mass is 9.51. The zero-order valence-corrected chi connectivity index (χ0v) is 31.7. The van der Waals surface area contributed by atoms with Gasteiger partial charge in [0.05, 0.1) is 12.2 Å². The van der Waals surface area contributed by atoms with Gasteiger partial charge in [-0.3, -0.25) is 14.4 Å². The van der Waals surface area contributed by atoms with E-state index in [1.54, 1.807) is 19.1 Å². The molecule has 6 rings (SSSR count). The summed E-state index contributed by atoms with van der Waals surface area (Å²) in [4.78, 5) is 42.3. The molecule has 0 unspecified atom stereocenters. The number of amides is 1. The summed E-state index contributed by atoms with van der Waals surface area (Å²) in [7, 11) is 0. The number of benzene rings is 1. The molecule has 3 aliphatic carbocycles. The Labute approximate surface area is 302 Å². The van der Waals surface area contributed by atoms with Gasteiger partial charge in [0, 0.05) is 53.7 Å². The molecule has 9 nitrogen and oxygen atoms in total. The summed E-state index contributed by atoms with van der Waals surface area (Å²) in [6, 6.07) is 0. The highest BCUT2D eigenvalue weighted by molar-refractivity contribution is 6.18. The van der Waals surface area contributed by atoms with Crippen LogP contribution in [-0.2, 0) is 31.9 Å². The molecule has 5 aliphatic rings. The van der Waals surface area contributed by atoms with Crippen LogP contribution in [0.4, 0.5) is 0 Å². The Morgan fingerprint density at radius 3 is 2.33 bits per heavy atom. The zero-order chi connectivity index (χ0) is 37.5. The molecule has 9 heteroatoms. The molecular weight excluding hydrogens is 646 g/mol. The van der Waals surface area contributed by atoms with Crippen LogP contribution >= 0.6 is 0 Å². The van der Waals surface area contributed by atoms with E-state index in [4.69, 9.17) is 14.2 Å². The monoisotopic (exact) mass is 701 g/mol. The van der Waals surface area contributed by atoms with Crippen molar-refractivity contribution in [3.63, 3.8) is 0 Å². The molecule has 2 aliphatic heterocycles. The second kappa shape index (κ2) is 14.6. The van der Waals surface area contributed by atoms with Crippen LogP contribution < -0.4 is 10.1 Å². The Hall–Kier alpha value is -3.95. The number of phenols is 2. The quantitative estimate of drug-likeness (QED) is 0.104. The van der Waals surface area contributed by atoms with Crippen LogP contribution in [0.3, 0.4) is 0 Å². The topological polar surface area (TPSA) is 131 Å². The normalized spacial score (nSPS) is 25.9. The summed E-state index contributed by atoms with van der Waals surface area (Å²) in [5.74, 6) is -2.28. The van der Waals surface area contributed by atoms with Crippen LogP contribution in [0.15, 0.2) is 58.2 Å². The van der Waals surface area contributed by atoms with Crippen molar-refractivity contribution in [2.75, 3.05) is 19.8 Å². The SMILES string of the molecule is CCOCCNC(=O)/C(C)=C\C[C@@]12OC(C)(C)[C@@H]3C[C@H](C=C4C(=O)c5c(O)c(C/C=C(\C)CCC=C(C)C)c(O)c(CC=C(C)C)c5O[C@]431)C2=O. The molecule has 1 saturated carbocycles. The summed E-state index contributed by atoms with van der Waals surface area (Å²) in [6.07, 6.45) is 12.1. The van der Waals surface area contributed by atoms with Crippen molar-refractivity contribution < 1.29 is 38.8 Å². The molecule has 2 heterocycles. The number of carbonyl (C=O) groups is 3. The minimum atomic E-state index is -1.61. The fraction of sp³-hybridized carbons (Fsp3) is 0.548. The predicted octanol–water partition coefficient (Wildman–Crippen LogP) is 7.34. The van der Waals surface area contributed by atoms with Crippen LogP contribution in [0.1, 0.15) is 109 Å². The maximum atomic E-state index is 14.9. The van der Waals surface area contributed by atoms with Crippen molar-refractivity contribution in [3.05, 3.63) is 74.9 Å². The number of hydrogen-bond acceptors (Lipinski definition) is 8. The maximum Gasteiger partial charge on any atom is 0.246 e. The average molecular weight is 702 g/mol. The first-order valence-electron chi connectivity index (χ1n) is 18.3. The summed E-state index contributed by atoms with van der Waals surface area (Å²) >= 11 is 0. The zero-order valence-electron chi connectivity index (χ0n) is 31.7. The van der Waals surface area contributed by atoms with Crippen molar-refractivity contribution >= 4 is 17.5 Å². The standard InChI is InChI=1S/C42H55NO8/c1-10-49-21-20-43-39(48)27(7)18-19-41-38(47)28-22-31-36(46)33-35(45)29(17-15-26(6)13-11-12-24(2)3)34(44)30(16-14-25(4)5)37(33)50-42(31,41)32(23-28)40(8,9)51-41/h12,14-15,18,22,28,32,44-45H,10-11,13,16-17,19-21,23H2,1-9H3,(H,43,48)/b26-15+,27-18-/t28-,32-,41-,42+/m0/s1. The Balaban J connectivity index is 1.63. The molecule has 1 aromatic carbocycles. The van der Waals surface area contributed by atoms with Crippen LogP contribution in [0.2, 0.25) is 0 Å². The second-order valence-corrected chi connectivity index (χ2v) is 15.5. The number of hydrogen-bond donors (Lipinski definition) is 3. The van der Waals surface area contributed by atoms with E-state index in [9.17, 15) is 24.6 Å². The van der Waals surface area contributed by atoms with Crippen LogP contribution in [-0.4, -0.2) is 64.2 Å². The maximum absolute atomic E-state index is 14.9. The number of rotatable bonds is 14. The number of aromatic hydroxyl groups is 2. The van der Waals surface area contributed by atoms with Crippen molar-refractivity contribution in [3.8, 4) is 17.2 Å². The van der Waals surface area contributed by atoms with Gasteiger partial charge in [-0.15, -0.1) is 0 Å². The molecule has 0 aromatic heterocycles. The third-order valence-electron chi connectivity index (χ3n) is 10.9. The minimum Gasteiger partial charge on any atom is -0.507 e. The Kier molecular flexibility index (Phi) is 10.9. The van der Waals surface area contributed by atoms with E-state index in [-0.39, 0.29) is 59.3 Å². The van der Waals surface area contributed by atoms with Gasteiger partial charge in [-0.2, -0.15) is 0 Å². The molecule has 1 saturated heterocycles. The third kappa shape index (κ3) is 6.63. The number of nitrogens with one attached hydrogen (secondary N) is 1. The molecule has 1 aromatic rings. The van der Waals surface area contributed by atoms with Gasteiger partial charge in [-0.1, -0.05) is 47.1 Å². The fourth-order valence-corrected chi connectivity index (χ4v) is 8.33. The van der Waals surface area contributed by atoms with Gasteiger partial charge in [0.1, 0.15) is 22.8 Å². The van der Waals surface area contributed by atoms with E-state index >= 15 is 0 Å². The summed E-state index contributed by atoms with van der Waals surface area (Å²) in [6.45, 7) is 18.7. The van der Waals surface area contributed by atoms with Gasteiger partial charge in [0.25, 0.3) is 0 Å². The highest BCUT2D eigenvalue weighted by atomic mass is 16.6. The van der Waals surface area contributed by atoms with Crippen molar-refractivity contribution in [1.29, 1.82) is 0 Å². The second-order valence-electron chi connectivity index (χ2n) is 15.5. The fourth-order valence-electron chi connectivity index (χ4n) is 8.33. The van der Waals surface area contributed by atoms with Gasteiger partial charge in [-0.05, 0) is 94.4 Å². The molecule has 4 atom stereocenters. The van der Waals surface area contributed by atoms with Gasteiger partial charge in [-0.25, -0.2) is 0 Å². The highest BCUT2D eigenvalue weighted by Crippen LogP contribution is 2.68. The highest BCUT2D eigenvalue weighted by Gasteiger charge is 2.81. The first kappa shape index (κ1) is 38.3. The molecular formula is C42H55NO8. The Morgan fingerprint density at radius 1 is 0.980 bits per heavy atom. The molecule has 1 spiro atoms. The van der Waals surface area contributed by atoms with Gasteiger partial charge in [0.15, 0.2) is 22.8 Å². The van der Waals surface area contributed by atoms with Crippen molar-refractivity contribution in [1.82, 2.24) is 5.32 Å². The first-order chi connectivity index (χ1) is 24.0. The van der Waals surface area contributed by atoms with Gasteiger partial charge in [0.2, 0.25) is 5.91 Å². The lowest BCUT2D eigenvalue weighted by Crippen LogP contribution is -2.72. The van der Waals surface area contributed by atoms with Crippen LogP contribution in [0, 0.1) is 11.8 Å². The summed E-state index contributed by atoms with van der Waals surface area (Å²) in [5, 5.41) is 26.5. The number of ether oxygens (including phenoxy) is 3. The summed E-state index contributed by atoms with van der Waals surface area (Å²) < 4.78 is 19.2. The lowest BCUT2D eigenvalue weighted by Gasteiger charge is -2.56. The van der Waals surface area contributed by atoms with E-state index in [0.29, 0.717) is 42.9 Å². The van der Waals surface area contributed by atoms with Gasteiger partial charge >= 0.3 is 0 Å². The molecule has 3 N–H and O–H groups in total. The molecule has 2 fully saturated rings. The number of carbonyl (C=O) groups excluding carboxylic acids is 3. The van der Waals surface area contributed by atoms with E-state index < -0.39 is 34.4 Å². The minimum absolute atomic E-state index is 0.000166. The molecule has 51 heavy (non-hydrogen) atoms. The van der Waals surface area contributed by atoms with Gasteiger partial charge < -0.3 is 29.7 Å². The van der Waals surface area contributed by atoms with E-state index in [2.05, 4.69) is 25.2 Å². The van der Waals surface area contributed by atoms with Crippen LogP contribution in [0.5, 0.6) is 17.2 Å². The molecule has 4 bridgehead atoms. The number of ketones is 2. The van der Waals surface area contributed by atoms with Crippen molar-refractivity contribution in [2.24, 2.45) is 11.8 Å². The molecule has 1 amide bonds. The number of phenolic OH excluding ortho intramolecular Hbond substituents is 2. The smallest absolute Gasteiger partial charge is 0.246 e.